The van der Waals surface area contributed by atoms with Crippen LogP contribution in [0, 0.1) is 0 Å². The first-order chi connectivity index (χ1) is 12.1. The maximum Gasteiger partial charge on any atom is 0.255 e. The van der Waals surface area contributed by atoms with Crippen molar-refractivity contribution in [3.8, 4) is 0 Å². The van der Waals surface area contributed by atoms with Crippen LogP contribution < -0.4 is 4.90 Å². The van der Waals surface area contributed by atoms with Gasteiger partial charge in [0.15, 0.2) is 0 Å². The molecule has 1 aliphatic rings. The van der Waals surface area contributed by atoms with E-state index in [1.165, 1.54) is 0 Å². The number of anilines is 1. The SMILES string of the molecule is CN(C)c1ccc(C(=O)N2CCCN(CCn3cnnc3)CC2)cn1. The van der Waals surface area contributed by atoms with Crippen molar-refractivity contribution in [3.63, 3.8) is 0 Å². The van der Waals surface area contributed by atoms with Crippen LogP contribution in [-0.2, 0) is 6.54 Å². The summed E-state index contributed by atoms with van der Waals surface area (Å²) in [5, 5.41) is 7.65. The first-order valence-electron chi connectivity index (χ1n) is 8.61. The molecule has 134 valence electrons. The van der Waals surface area contributed by atoms with Crippen LogP contribution in [0.15, 0.2) is 31.0 Å². The maximum atomic E-state index is 12.7. The normalized spacial score (nSPS) is 15.8. The molecule has 0 atom stereocenters. The summed E-state index contributed by atoms with van der Waals surface area (Å²) in [6, 6.07) is 3.75. The molecule has 2 aromatic heterocycles. The van der Waals surface area contributed by atoms with Gasteiger partial charge in [0.25, 0.3) is 5.91 Å². The lowest BCUT2D eigenvalue weighted by atomic mass is 10.2. The Labute approximate surface area is 148 Å². The van der Waals surface area contributed by atoms with Crippen LogP contribution in [0.25, 0.3) is 0 Å². The smallest absolute Gasteiger partial charge is 0.255 e. The van der Waals surface area contributed by atoms with Gasteiger partial charge >= 0.3 is 0 Å². The van der Waals surface area contributed by atoms with Gasteiger partial charge in [-0.25, -0.2) is 4.98 Å². The van der Waals surface area contributed by atoms with E-state index in [0.717, 1.165) is 51.5 Å². The van der Waals surface area contributed by atoms with Crippen molar-refractivity contribution >= 4 is 11.7 Å². The molecule has 8 nitrogen and oxygen atoms in total. The first-order valence-corrected chi connectivity index (χ1v) is 8.61. The summed E-state index contributed by atoms with van der Waals surface area (Å²) in [5.74, 6) is 0.922. The van der Waals surface area contributed by atoms with E-state index in [-0.39, 0.29) is 5.91 Å². The molecule has 1 saturated heterocycles. The standard InChI is InChI=1S/C17H25N7O/c1-21(2)16-5-4-15(12-18-16)17(25)24-7-3-6-22(10-11-24)8-9-23-13-19-20-14-23/h4-5,12-14H,3,6-11H2,1-2H3. The fourth-order valence-electron chi connectivity index (χ4n) is 2.95. The zero-order valence-electron chi connectivity index (χ0n) is 14.9. The summed E-state index contributed by atoms with van der Waals surface area (Å²) in [5.41, 5.74) is 0.656. The lowest BCUT2D eigenvalue weighted by Gasteiger charge is -2.22. The molecule has 0 bridgehead atoms. The van der Waals surface area contributed by atoms with Gasteiger partial charge < -0.3 is 14.4 Å². The third-order valence-electron chi connectivity index (χ3n) is 4.47. The molecule has 1 fully saturated rings. The van der Waals surface area contributed by atoms with Crippen LogP contribution >= 0.6 is 0 Å². The Hall–Kier alpha value is -2.48. The van der Waals surface area contributed by atoms with Crippen LogP contribution in [0.1, 0.15) is 16.8 Å². The van der Waals surface area contributed by atoms with Gasteiger partial charge in [-0.15, -0.1) is 10.2 Å². The van der Waals surface area contributed by atoms with Crippen LogP contribution in [0.5, 0.6) is 0 Å². The highest BCUT2D eigenvalue weighted by Gasteiger charge is 2.20. The third-order valence-corrected chi connectivity index (χ3v) is 4.47. The molecule has 2 aromatic rings. The minimum absolute atomic E-state index is 0.0680. The van der Waals surface area contributed by atoms with Gasteiger partial charge in [-0.05, 0) is 25.1 Å². The Bertz CT molecular complexity index is 669. The molecule has 0 N–H and O–H groups in total. The molecule has 0 unspecified atom stereocenters. The summed E-state index contributed by atoms with van der Waals surface area (Å²) in [6.45, 7) is 5.24. The zero-order chi connectivity index (χ0) is 17.6. The number of pyridine rings is 1. The van der Waals surface area contributed by atoms with Crippen molar-refractivity contribution in [2.24, 2.45) is 0 Å². The second kappa shape index (κ2) is 8.06. The number of aromatic nitrogens is 4. The second-order valence-electron chi connectivity index (χ2n) is 6.49. The predicted octanol–water partition coefficient (Wildman–Crippen LogP) is 0.587. The molecule has 0 spiro atoms. The minimum atomic E-state index is 0.0680. The van der Waals surface area contributed by atoms with Gasteiger partial charge in [-0.2, -0.15) is 0 Å². The highest BCUT2D eigenvalue weighted by molar-refractivity contribution is 5.94. The highest BCUT2D eigenvalue weighted by Crippen LogP contribution is 2.12. The van der Waals surface area contributed by atoms with Gasteiger partial charge in [0, 0.05) is 53.0 Å². The van der Waals surface area contributed by atoms with E-state index in [1.54, 1.807) is 18.9 Å². The molecular formula is C17H25N7O. The molecule has 0 saturated carbocycles. The molecule has 25 heavy (non-hydrogen) atoms. The Kier molecular flexibility index (Phi) is 5.60. The Morgan fingerprint density at radius 1 is 1.08 bits per heavy atom. The van der Waals surface area contributed by atoms with E-state index >= 15 is 0 Å². The number of hydrogen-bond donors (Lipinski definition) is 0. The van der Waals surface area contributed by atoms with Gasteiger partial charge in [-0.3, -0.25) is 9.69 Å². The molecule has 8 heteroatoms. The van der Waals surface area contributed by atoms with E-state index in [1.807, 2.05) is 40.6 Å². The highest BCUT2D eigenvalue weighted by atomic mass is 16.2. The summed E-state index contributed by atoms with van der Waals surface area (Å²) < 4.78 is 1.98. The average Bonchev–Trinajstić information content (AvgIpc) is 3.04. The van der Waals surface area contributed by atoms with Crippen molar-refractivity contribution in [1.29, 1.82) is 0 Å². The second-order valence-corrected chi connectivity index (χ2v) is 6.49. The maximum absolute atomic E-state index is 12.7. The van der Waals surface area contributed by atoms with Crippen LogP contribution in [0.2, 0.25) is 0 Å². The summed E-state index contributed by atoms with van der Waals surface area (Å²) in [7, 11) is 3.88. The molecular weight excluding hydrogens is 318 g/mol. The molecule has 1 aliphatic heterocycles. The molecule has 1 amide bonds. The van der Waals surface area contributed by atoms with Crippen molar-refractivity contribution in [1.82, 2.24) is 29.5 Å². The molecule has 3 rings (SSSR count). The van der Waals surface area contributed by atoms with Crippen molar-refractivity contribution in [2.75, 3.05) is 51.7 Å². The number of carbonyl (C=O) groups excluding carboxylic acids is 1. The third kappa shape index (κ3) is 4.54. The fourth-order valence-corrected chi connectivity index (χ4v) is 2.95. The van der Waals surface area contributed by atoms with Crippen molar-refractivity contribution in [2.45, 2.75) is 13.0 Å². The Balaban J connectivity index is 1.54. The number of carbonyl (C=O) groups is 1. The molecule has 0 radical (unpaired) electrons. The quantitative estimate of drug-likeness (QED) is 0.791. The first kappa shape index (κ1) is 17.3. The lowest BCUT2D eigenvalue weighted by molar-refractivity contribution is 0.0761. The largest absolute Gasteiger partial charge is 0.363 e. The van der Waals surface area contributed by atoms with Crippen LogP contribution in [0.4, 0.5) is 5.82 Å². The van der Waals surface area contributed by atoms with E-state index in [0.29, 0.717) is 5.56 Å². The number of rotatable bonds is 5. The molecule has 3 heterocycles. The Morgan fingerprint density at radius 2 is 1.88 bits per heavy atom. The van der Waals surface area contributed by atoms with E-state index < -0.39 is 0 Å². The lowest BCUT2D eigenvalue weighted by Crippen LogP contribution is -2.36. The topological polar surface area (TPSA) is 70.4 Å². The summed E-state index contributed by atoms with van der Waals surface area (Å²) in [4.78, 5) is 23.3. The number of nitrogens with zero attached hydrogens (tertiary/aromatic N) is 7. The summed E-state index contributed by atoms with van der Waals surface area (Å²) >= 11 is 0. The van der Waals surface area contributed by atoms with E-state index in [4.69, 9.17) is 0 Å². The minimum Gasteiger partial charge on any atom is -0.363 e. The van der Waals surface area contributed by atoms with Gasteiger partial charge in [0.1, 0.15) is 18.5 Å². The summed E-state index contributed by atoms with van der Waals surface area (Å²) in [6.07, 6.45) is 6.12. The predicted molar refractivity (Wildman–Crippen MR) is 95.5 cm³/mol. The zero-order valence-corrected chi connectivity index (χ0v) is 14.9. The number of hydrogen-bond acceptors (Lipinski definition) is 6. The van der Waals surface area contributed by atoms with Crippen LogP contribution in [0.3, 0.4) is 0 Å². The van der Waals surface area contributed by atoms with Gasteiger partial charge in [0.05, 0.1) is 5.56 Å². The number of amides is 1. The van der Waals surface area contributed by atoms with Crippen LogP contribution in [-0.4, -0.2) is 82.3 Å². The molecule has 0 aromatic carbocycles. The Morgan fingerprint density at radius 3 is 2.56 bits per heavy atom. The van der Waals surface area contributed by atoms with Crippen molar-refractivity contribution in [3.05, 3.63) is 36.5 Å². The fraction of sp³-hybridized carbons (Fsp3) is 0.529. The average molecular weight is 343 g/mol. The van der Waals surface area contributed by atoms with Gasteiger partial charge in [0.2, 0.25) is 0 Å². The van der Waals surface area contributed by atoms with E-state index in [2.05, 4.69) is 20.1 Å². The van der Waals surface area contributed by atoms with Gasteiger partial charge in [-0.1, -0.05) is 0 Å². The monoisotopic (exact) mass is 343 g/mol. The van der Waals surface area contributed by atoms with Crippen molar-refractivity contribution < 1.29 is 4.79 Å². The molecule has 0 aliphatic carbocycles. The van der Waals surface area contributed by atoms with E-state index in [9.17, 15) is 4.79 Å².